The summed E-state index contributed by atoms with van der Waals surface area (Å²) in [6.45, 7) is 5.68. The Balaban J connectivity index is 2.17. The van der Waals surface area contributed by atoms with Gasteiger partial charge in [0.15, 0.2) is 5.13 Å². The van der Waals surface area contributed by atoms with Gasteiger partial charge in [0.25, 0.3) is 0 Å². The van der Waals surface area contributed by atoms with Crippen molar-refractivity contribution in [3.8, 4) is 11.1 Å². The molecule has 3 N–H and O–H groups in total. The van der Waals surface area contributed by atoms with Gasteiger partial charge >= 0.3 is 0 Å². The summed E-state index contributed by atoms with van der Waals surface area (Å²) in [6.07, 6.45) is 0. The van der Waals surface area contributed by atoms with Crippen LogP contribution in [0.4, 0.5) is 5.13 Å². The highest BCUT2D eigenvalue weighted by Gasteiger charge is 2.17. The summed E-state index contributed by atoms with van der Waals surface area (Å²) in [7, 11) is 0. The maximum absolute atomic E-state index is 10.2. The number of nitrogens with zero attached hydrogens (tertiary/aromatic N) is 1. The zero-order valence-electron chi connectivity index (χ0n) is 12.3. The molecule has 0 aliphatic heterocycles. The second kappa shape index (κ2) is 4.83. The van der Waals surface area contributed by atoms with Crippen LogP contribution in [0.1, 0.15) is 25.0 Å². The lowest BCUT2D eigenvalue weighted by molar-refractivity contribution is 0.0786. The first kappa shape index (κ1) is 14.0. The van der Waals surface area contributed by atoms with Gasteiger partial charge in [-0.15, -0.1) is 0 Å². The fourth-order valence-corrected chi connectivity index (χ4v) is 3.20. The molecular weight excluding hydrogens is 280 g/mol. The Bertz CT molecular complexity index is 815. The molecule has 0 saturated heterocycles. The number of hydrogen-bond donors (Lipinski definition) is 2. The molecule has 3 rings (SSSR count). The molecule has 0 spiro atoms. The van der Waals surface area contributed by atoms with E-state index in [1.165, 1.54) is 16.9 Å². The first-order valence-electron chi connectivity index (χ1n) is 6.84. The second-order valence-electron chi connectivity index (χ2n) is 5.82. The predicted octanol–water partition coefficient (Wildman–Crippen LogP) is 4.08. The van der Waals surface area contributed by atoms with E-state index in [0.29, 0.717) is 5.13 Å². The van der Waals surface area contributed by atoms with E-state index in [0.717, 1.165) is 26.9 Å². The van der Waals surface area contributed by atoms with Gasteiger partial charge in [-0.05, 0) is 61.2 Å². The number of benzene rings is 2. The maximum Gasteiger partial charge on any atom is 0.181 e. The Morgan fingerprint density at radius 1 is 1.14 bits per heavy atom. The SMILES string of the molecule is Cc1ccc(C(C)(C)O)cc1-c1ccc2nc(N)sc2c1. The van der Waals surface area contributed by atoms with Gasteiger partial charge < -0.3 is 10.8 Å². The molecule has 4 heteroatoms. The predicted molar refractivity (Wildman–Crippen MR) is 89.5 cm³/mol. The number of aryl methyl sites for hydroxylation is 1. The van der Waals surface area contributed by atoms with E-state index in [1.54, 1.807) is 13.8 Å². The fourth-order valence-electron chi connectivity index (χ4n) is 2.42. The number of aromatic nitrogens is 1. The molecule has 108 valence electrons. The topological polar surface area (TPSA) is 59.1 Å². The van der Waals surface area contributed by atoms with Crippen LogP contribution in [0.25, 0.3) is 21.3 Å². The number of nitrogens with two attached hydrogens (primary N) is 1. The lowest BCUT2D eigenvalue weighted by Crippen LogP contribution is -2.15. The van der Waals surface area contributed by atoms with Crippen LogP contribution >= 0.6 is 11.3 Å². The van der Waals surface area contributed by atoms with Crippen molar-refractivity contribution >= 4 is 26.7 Å². The van der Waals surface area contributed by atoms with Crippen molar-refractivity contribution < 1.29 is 5.11 Å². The normalized spacial score (nSPS) is 12.0. The molecule has 0 aliphatic carbocycles. The summed E-state index contributed by atoms with van der Waals surface area (Å²) in [6, 6.07) is 12.2. The van der Waals surface area contributed by atoms with Crippen LogP contribution in [-0.4, -0.2) is 10.1 Å². The van der Waals surface area contributed by atoms with Crippen molar-refractivity contribution in [1.82, 2.24) is 4.98 Å². The van der Waals surface area contributed by atoms with Crippen LogP contribution in [0.15, 0.2) is 36.4 Å². The monoisotopic (exact) mass is 298 g/mol. The third-order valence-corrected chi connectivity index (χ3v) is 4.51. The molecule has 0 saturated carbocycles. The van der Waals surface area contributed by atoms with Crippen LogP contribution in [-0.2, 0) is 5.60 Å². The van der Waals surface area contributed by atoms with Crippen molar-refractivity contribution in [2.75, 3.05) is 5.73 Å². The number of hydrogen-bond acceptors (Lipinski definition) is 4. The van der Waals surface area contributed by atoms with E-state index in [1.807, 2.05) is 18.2 Å². The minimum absolute atomic E-state index is 0.587. The van der Waals surface area contributed by atoms with Gasteiger partial charge in [-0.3, -0.25) is 0 Å². The van der Waals surface area contributed by atoms with E-state index >= 15 is 0 Å². The zero-order chi connectivity index (χ0) is 15.2. The highest BCUT2D eigenvalue weighted by atomic mass is 32.1. The van der Waals surface area contributed by atoms with Crippen LogP contribution in [0, 0.1) is 6.92 Å². The molecule has 0 aliphatic rings. The summed E-state index contributed by atoms with van der Waals surface area (Å²) in [5.41, 5.74) is 10.2. The van der Waals surface area contributed by atoms with E-state index in [2.05, 4.69) is 30.1 Å². The van der Waals surface area contributed by atoms with Crippen LogP contribution in [0.2, 0.25) is 0 Å². The second-order valence-corrected chi connectivity index (χ2v) is 6.89. The van der Waals surface area contributed by atoms with Gasteiger partial charge in [-0.2, -0.15) is 0 Å². The Morgan fingerprint density at radius 3 is 2.62 bits per heavy atom. The summed E-state index contributed by atoms with van der Waals surface area (Å²) in [5, 5.41) is 10.8. The Morgan fingerprint density at radius 2 is 1.90 bits per heavy atom. The molecule has 0 amide bonds. The van der Waals surface area contributed by atoms with Gasteiger partial charge in [-0.1, -0.05) is 29.5 Å². The van der Waals surface area contributed by atoms with Gasteiger partial charge in [-0.25, -0.2) is 4.98 Å². The number of aliphatic hydroxyl groups is 1. The van der Waals surface area contributed by atoms with Crippen LogP contribution < -0.4 is 5.73 Å². The van der Waals surface area contributed by atoms with Gasteiger partial charge in [0.2, 0.25) is 0 Å². The van der Waals surface area contributed by atoms with E-state index in [9.17, 15) is 5.11 Å². The minimum atomic E-state index is -0.846. The Kier molecular flexibility index (Phi) is 3.23. The van der Waals surface area contributed by atoms with Crippen molar-refractivity contribution in [3.63, 3.8) is 0 Å². The van der Waals surface area contributed by atoms with E-state index in [4.69, 9.17) is 5.73 Å². The van der Waals surface area contributed by atoms with E-state index < -0.39 is 5.60 Å². The number of thiazole rings is 1. The molecular formula is C17H18N2OS. The smallest absolute Gasteiger partial charge is 0.181 e. The van der Waals surface area contributed by atoms with Crippen molar-refractivity contribution in [2.24, 2.45) is 0 Å². The highest BCUT2D eigenvalue weighted by Crippen LogP contribution is 2.33. The first-order valence-corrected chi connectivity index (χ1v) is 7.66. The lowest BCUT2D eigenvalue weighted by atomic mass is 9.91. The quantitative estimate of drug-likeness (QED) is 0.749. The van der Waals surface area contributed by atoms with Crippen LogP contribution in [0.3, 0.4) is 0 Å². The minimum Gasteiger partial charge on any atom is -0.386 e. The van der Waals surface area contributed by atoms with Crippen LogP contribution in [0.5, 0.6) is 0 Å². The molecule has 0 fully saturated rings. The molecule has 0 atom stereocenters. The molecule has 0 bridgehead atoms. The molecule has 0 unspecified atom stereocenters. The Labute approximate surface area is 128 Å². The highest BCUT2D eigenvalue weighted by molar-refractivity contribution is 7.22. The average molecular weight is 298 g/mol. The number of rotatable bonds is 2. The molecule has 1 heterocycles. The Hall–Kier alpha value is -1.91. The van der Waals surface area contributed by atoms with Gasteiger partial charge in [0.1, 0.15) is 0 Å². The summed E-state index contributed by atoms with van der Waals surface area (Å²) < 4.78 is 1.08. The average Bonchev–Trinajstić information content (AvgIpc) is 2.76. The third kappa shape index (κ3) is 2.64. The van der Waals surface area contributed by atoms with Crippen molar-refractivity contribution in [2.45, 2.75) is 26.4 Å². The third-order valence-electron chi connectivity index (χ3n) is 3.66. The first-order chi connectivity index (χ1) is 9.84. The summed E-state index contributed by atoms with van der Waals surface area (Å²) in [5.74, 6) is 0. The summed E-state index contributed by atoms with van der Waals surface area (Å²) in [4.78, 5) is 4.28. The molecule has 2 aromatic carbocycles. The van der Waals surface area contributed by atoms with Gasteiger partial charge in [0, 0.05) is 0 Å². The van der Waals surface area contributed by atoms with Crippen molar-refractivity contribution in [1.29, 1.82) is 0 Å². The molecule has 3 aromatic rings. The van der Waals surface area contributed by atoms with E-state index in [-0.39, 0.29) is 0 Å². The molecule has 0 radical (unpaired) electrons. The van der Waals surface area contributed by atoms with Crippen molar-refractivity contribution in [3.05, 3.63) is 47.5 Å². The molecule has 1 aromatic heterocycles. The zero-order valence-corrected chi connectivity index (χ0v) is 13.2. The molecule has 3 nitrogen and oxygen atoms in total. The number of anilines is 1. The number of fused-ring (bicyclic) bond motifs is 1. The number of nitrogen functional groups attached to an aromatic ring is 1. The standard InChI is InChI=1S/C17H18N2OS/c1-10-4-6-12(17(2,3)20)9-13(10)11-5-7-14-15(8-11)21-16(18)19-14/h4-9,20H,1-3H3,(H2,18,19). The maximum atomic E-state index is 10.2. The fraction of sp³-hybridized carbons (Fsp3) is 0.235. The van der Waals surface area contributed by atoms with Gasteiger partial charge in [0.05, 0.1) is 15.8 Å². The summed E-state index contributed by atoms with van der Waals surface area (Å²) >= 11 is 1.49. The molecule has 21 heavy (non-hydrogen) atoms. The lowest BCUT2D eigenvalue weighted by Gasteiger charge is -2.19. The largest absolute Gasteiger partial charge is 0.386 e.